The highest BCUT2D eigenvalue weighted by Crippen LogP contribution is 2.29. The van der Waals surface area contributed by atoms with Gasteiger partial charge in [0.05, 0.1) is 29.1 Å². The lowest BCUT2D eigenvalue weighted by Crippen LogP contribution is -2.32. The van der Waals surface area contributed by atoms with Crippen LogP contribution < -0.4 is 10.1 Å². The van der Waals surface area contributed by atoms with Gasteiger partial charge >= 0.3 is 6.18 Å². The fraction of sp³-hybridized carbons (Fsp3) is 0.160. The molecule has 0 saturated carbocycles. The van der Waals surface area contributed by atoms with E-state index < -0.39 is 29.5 Å². The van der Waals surface area contributed by atoms with Crippen LogP contribution in [0, 0.1) is 12.7 Å². The van der Waals surface area contributed by atoms with Crippen molar-refractivity contribution in [1.29, 1.82) is 0 Å². The van der Waals surface area contributed by atoms with Crippen molar-refractivity contribution in [3.05, 3.63) is 107 Å². The highest BCUT2D eigenvalue weighted by molar-refractivity contribution is 5.95. The summed E-state index contributed by atoms with van der Waals surface area (Å²) in [5.74, 6) is -0.810. The molecule has 0 bridgehead atoms. The Hall–Kier alpha value is -4.21. The highest BCUT2D eigenvalue weighted by atomic mass is 19.4. The van der Waals surface area contributed by atoms with E-state index in [0.717, 1.165) is 11.6 Å². The maximum absolute atomic E-state index is 14.0. The third-order valence-corrected chi connectivity index (χ3v) is 5.30. The Bertz CT molecular complexity index is 1310. The molecule has 0 aliphatic heterocycles. The summed E-state index contributed by atoms with van der Waals surface area (Å²) in [6.45, 7) is 1.57. The van der Waals surface area contributed by atoms with Gasteiger partial charge in [-0.15, -0.1) is 0 Å². The number of nitrogens with one attached hydrogen (secondary N) is 1. The third-order valence-electron chi connectivity index (χ3n) is 5.30. The van der Waals surface area contributed by atoms with Gasteiger partial charge in [0.15, 0.2) is 17.4 Å². The lowest BCUT2D eigenvalue weighted by atomic mass is 10.1. The van der Waals surface area contributed by atoms with Crippen LogP contribution in [0.25, 0.3) is 5.82 Å². The van der Waals surface area contributed by atoms with E-state index in [9.17, 15) is 22.4 Å². The topological polar surface area (TPSA) is 69.0 Å². The molecule has 180 valence electrons. The smallest absolute Gasteiger partial charge is 0.417 e. The Morgan fingerprint density at radius 3 is 2.40 bits per heavy atom. The minimum absolute atomic E-state index is 0.0374. The highest BCUT2D eigenvalue weighted by Gasteiger charge is 2.31. The Morgan fingerprint density at radius 1 is 1.03 bits per heavy atom. The van der Waals surface area contributed by atoms with Crippen molar-refractivity contribution < 1.29 is 27.1 Å². The largest absolute Gasteiger partial charge is 0.488 e. The Labute approximate surface area is 198 Å². The normalized spacial score (nSPS) is 12.3. The van der Waals surface area contributed by atoms with E-state index in [1.54, 1.807) is 43.3 Å². The van der Waals surface area contributed by atoms with E-state index in [0.29, 0.717) is 11.9 Å². The van der Waals surface area contributed by atoms with Crippen LogP contribution in [0.5, 0.6) is 5.75 Å². The first-order valence-corrected chi connectivity index (χ1v) is 10.6. The summed E-state index contributed by atoms with van der Waals surface area (Å²) in [5, 5.41) is 6.98. The molecule has 4 rings (SSSR count). The van der Waals surface area contributed by atoms with Gasteiger partial charge in [0, 0.05) is 6.20 Å². The average Bonchev–Trinajstić information content (AvgIpc) is 3.24. The molecule has 2 heterocycles. The van der Waals surface area contributed by atoms with Crippen LogP contribution in [0.2, 0.25) is 0 Å². The molecule has 0 spiro atoms. The monoisotopic (exact) mass is 484 g/mol. The first kappa shape index (κ1) is 23.9. The molecule has 0 radical (unpaired) electrons. The zero-order chi connectivity index (χ0) is 25.0. The number of carbonyl (C=O) groups is 1. The van der Waals surface area contributed by atoms with Crippen LogP contribution in [0.4, 0.5) is 17.6 Å². The van der Waals surface area contributed by atoms with E-state index in [-0.39, 0.29) is 23.7 Å². The van der Waals surface area contributed by atoms with Gasteiger partial charge in [-0.1, -0.05) is 42.5 Å². The maximum atomic E-state index is 14.0. The summed E-state index contributed by atoms with van der Waals surface area (Å²) in [6.07, 6.45) is -2.49. The minimum Gasteiger partial charge on any atom is -0.488 e. The average molecular weight is 484 g/mol. The Kier molecular flexibility index (Phi) is 6.81. The standard InChI is InChI=1S/C25H20F4N4O2/c1-16-19(14-31-33(16)23-12-11-18(13-30-23)25(27,28)29)24(34)32-21(17-7-3-2-4-8-17)15-35-22-10-6-5-9-20(22)26/h2-14,21H,15H2,1H3,(H,32,34). The number of nitrogens with zero attached hydrogens (tertiary/aromatic N) is 3. The number of benzene rings is 2. The summed E-state index contributed by atoms with van der Waals surface area (Å²) in [4.78, 5) is 16.9. The molecule has 0 aliphatic carbocycles. The molecule has 6 nitrogen and oxygen atoms in total. The number of halogens is 4. The zero-order valence-electron chi connectivity index (χ0n) is 18.5. The van der Waals surface area contributed by atoms with E-state index in [2.05, 4.69) is 15.4 Å². The predicted octanol–water partition coefficient (Wildman–Crippen LogP) is 5.28. The fourth-order valence-electron chi connectivity index (χ4n) is 3.42. The van der Waals surface area contributed by atoms with Gasteiger partial charge in [-0.2, -0.15) is 18.3 Å². The van der Waals surface area contributed by atoms with Crippen LogP contribution in [0.3, 0.4) is 0 Å². The molecule has 0 saturated heterocycles. The number of alkyl halides is 3. The van der Waals surface area contributed by atoms with Gasteiger partial charge in [0.1, 0.15) is 6.61 Å². The van der Waals surface area contributed by atoms with Crippen LogP contribution in [0.1, 0.15) is 33.2 Å². The Balaban J connectivity index is 1.54. The summed E-state index contributed by atoms with van der Waals surface area (Å²) in [5.41, 5.74) is 0.450. The number of para-hydroxylation sites is 1. The number of carbonyl (C=O) groups excluding carboxylic acids is 1. The minimum atomic E-state index is -4.51. The van der Waals surface area contributed by atoms with E-state index >= 15 is 0 Å². The van der Waals surface area contributed by atoms with E-state index in [4.69, 9.17) is 4.74 Å². The summed E-state index contributed by atoms with van der Waals surface area (Å²) in [6, 6.07) is 16.5. The summed E-state index contributed by atoms with van der Waals surface area (Å²) < 4.78 is 59.3. The number of hydrogen-bond donors (Lipinski definition) is 1. The van der Waals surface area contributed by atoms with Gasteiger partial charge < -0.3 is 10.1 Å². The fourth-order valence-corrected chi connectivity index (χ4v) is 3.42. The lowest BCUT2D eigenvalue weighted by molar-refractivity contribution is -0.137. The van der Waals surface area contributed by atoms with Crippen LogP contribution >= 0.6 is 0 Å². The number of ether oxygens (including phenoxy) is 1. The molecule has 1 unspecified atom stereocenters. The van der Waals surface area contributed by atoms with Gasteiger partial charge in [0.2, 0.25) is 0 Å². The van der Waals surface area contributed by atoms with Gasteiger partial charge in [-0.25, -0.2) is 14.1 Å². The van der Waals surface area contributed by atoms with Crippen molar-refractivity contribution in [3.63, 3.8) is 0 Å². The molecular weight excluding hydrogens is 464 g/mol. The molecule has 0 aliphatic rings. The number of hydrogen-bond acceptors (Lipinski definition) is 4. The third kappa shape index (κ3) is 5.48. The quantitative estimate of drug-likeness (QED) is 0.362. The van der Waals surface area contributed by atoms with E-state index in [1.165, 1.54) is 29.1 Å². The SMILES string of the molecule is Cc1c(C(=O)NC(COc2ccccc2F)c2ccccc2)cnn1-c1ccc(C(F)(F)F)cn1. The molecule has 0 fully saturated rings. The maximum Gasteiger partial charge on any atom is 0.417 e. The van der Waals surface area contributed by atoms with Gasteiger partial charge in [-0.3, -0.25) is 4.79 Å². The molecular formula is C25H20F4N4O2. The molecule has 2 aromatic heterocycles. The molecule has 4 aromatic rings. The van der Waals surface area contributed by atoms with Gasteiger partial charge in [-0.05, 0) is 36.8 Å². The number of pyridine rings is 1. The lowest BCUT2D eigenvalue weighted by Gasteiger charge is -2.20. The second-order valence-electron chi connectivity index (χ2n) is 7.64. The molecule has 10 heteroatoms. The van der Waals surface area contributed by atoms with Crippen LogP contribution in [-0.4, -0.2) is 27.3 Å². The number of aromatic nitrogens is 3. The zero-order valence-corrected chi connectivity index (χ0v) is 18.5. The van der Waals surface area contributed by atoms with Crippen LogP contribution in [0.15, 0.2) is 79.1 Å². The molecule has 1 amide bonds. The molecule has 1 N–H and O–H groups in total. The summed E-state index contributed by atoms with van der Waals surface area (Å²) in [7, 11) is 0. The van der Waals surface area contributed by atoms with Crippen molar-refractivity contribution in [2.45, 2.75) is 19.1 Å². The Morgan fingerprint density at radius 2 is 1.74 bits per heavy atom. The van der Waals surface area contributed by atoms with Crippen molar-refractivity contribution in [2.75, 3.05) is 6.61 Å². The van der Waals surface area contributed by atoms with Crippen molar-refractivity contribution in [3.8, 4) is 11.6 Å². The predicted molar refractivity (Wildman–Crippen MR) is 120 cm³/mol. The number of rotatable bonds is 7. The van der Waals surface area contributed by atoms with Crippen molar-refractivity contribution in [1.82, 2.24) is 20.1 Å². The molecule has 1 atom stereocenters. The van der Waals surface area contributed by atoms with Crippen molar-refractivity contribution in [2.24, 2.45) is 0 Å². The van der Waals surface area contributed by atoms with Crippen molar-refractivity contribution >= 4 is 5.91 Å². The summed E-state index contributed by atoms with van der Waals surface area (Å²) >= 11 is 0. The second kappa shape index (κ2) is 9.96. The molecule has 35 heavy (non-hydrogen) atoms. The second-order valence-corrected chi connectivity index (χ2v) is 7.64. The first-order chi connectivity index (χ1) is 16.7. The number of amides is 1. The molecule has 2 aromatic carbocycles. The van der Waals surface area contributed by atoms with E-state index in [1.807, 2.05) is 6.07 Å². The first-order valence-electron chi connectivity index (χ1n) is 10.6. The van der Waals surface area contributed by atoms with Gasteiger partial charge in [0.25, 0.3) is 5.91 Å². The van der Waals surface area contributed by atoms with Crippen LogP contribution in [-0.2, 0) is 6.18 Å².